The first-order valence-corrected chi connectivity index (χ1v) is 6.70. The Morgan fingerprint density at radius 2 is 2.05 bits per heavy atom. The SMILES string of the molecule is Cc1nnc2ccc(C(=O)N(CC(C)O)C(C)C)cn12. The van der Waals surface area contributed by atoms with Crippen molar-refractivity contribution in [3.05, 3.63) is 29.7 Å². The maximum Gasteiger partial charge on any atom is 0.255 e. The topological polar surface area (TPSA) is 70.7 Å². The fourth-order valence-corrected chi connectivity index (χ4v) is 2.11. The van der Waals surface area contributed by atoms with Crippen LogP contribution in [0, 0.1) is 6.92 Å². The van der Waals surface area contributed by atoms with E-state index in [-0.39, 0.29) is 11.9 Å². The molecule has 0 bridgehead atoms. The fraction of sp³-hybridized carbons (Fsp3) is 0.500. The van der Waals surface area contributed by atoms with Crippen molar-refractivity contribution >= 4 is 11.6 Å². The summed E-state index contributed by atoms with van der Waals surface area (Å²) in [6, 6.07) is 3.53. The molecule has 1 atom stereocenters. The molecule has 2 heterocycles. The van der Waals surface area contributed by atoms with E-state index in [4.69, 9.17) is 0 Å². The Hall–Kier alpha value is -1.95. The number of carbonyl (C=O) groups excluding carboxylic acids is 1. The van der Waals surface area contributed by atoms with Crippen molar-refractivity contribution in [2.24, 2.45) is 0 Å². The van der Waals surface area contributed by atoms with Gasteiger partial charge >= 0.3 is 0 Å². The minimum Gasteiger partial charge on any atom is -0.392 e. The summed E-state index contributed by atoms with van der Waals surface area (Å²) < 4.78 is 1.79. The van der Waals surface area contributed by atoms with E-state index in [1.807, 2.05) is 20.8 Å². The lowest BCUT2D eigenvalue weighted by Crippen LogP contribution is -2.41. The van der Waals surface area contributed by atoms with Crippen molar-refractivity contribution in [2.75, 3.05) is 6.54 Å². The monoisotopic (exact) mass is 276 g/mol. The van der Waals surface area contributed by atoms with Gasteiger partial charge < -0.3 is 10.0 Å². The van der Waals surface area contributed by atoms with E-state index in [1.165, 1.54) is 0 Å². The molecule has 1 unspecified atom stereocenters. The van der Waals surface area contributed by atoms with Gasteiger partial charge in [0.25, 0.3) is 5.91 Å². The molecule has 0 aliphatic heterocycles. The highest BCUT2D eigenvalue weighted by Crippen LogP contribution is 2.12. The quantitative estimate of drug-likeness (QED) is 0.913. The number of amides is 1. The number of nitrogens with zero attached hydrogens (tertiary/aromatic N) is 4. The third-order valence-electron chi connectivity index (χ3n) is 3.16. The van der Waals surface area contributed by atoms with Crippen LogP contribution in [-0.4, -0.2) is 49.2 Å². The molecule has 6 nitrogen and oxygen atoms in total. The number of carbonyl (C=O) groups is 1. The first-order valence-electron chi connectivity index (χ1n) is 6.70. The average Bonchev–Trinajstić information content (AvgIpc) is 2.76. The maximum absolute atomic E-state index is 12.6. The number of hydrogen-bond acceptors (Lipinski definition) is 4. The van der Waals surface area contributed by atoms with Crippen LogP contribution in [0.5, 0.6) is 0 Å². The Bertz CT molecular complexity index is 619. The largest absolute Gasteiger partial charge is 0.392 e. The summed E-state index contributed by atoms with van der Waals surface area (Å²) in [6.07, 6.45) is 1.19. The number of aliphatic hydroxyl groups excluding tert-OH is 1. The molecule has 2 aromatic rings. The minimum atomic E-state index is -0.554. The zero-order chi connectivity index (χ0) is 14.9. The van der Waals surface area contributed by atoms with Crippen molar-refractivity contribution in [1.29, 1.82) is 0 Å². The molecule has 0 aliphatic rings. The highest BCUT2D eigenvalue weighted by atomic mass is 16.3. The molecule has 0 radical (unpaired) electrons. The summed E-state index contributed by atoms with van der Waals surface area (Å²) in [7, 11) is 0. The Morgan fingerprint density at radius 3 is 2.65 bits per heavy atom. The van der Waals surface area contributed by atoms with Crippen LogP contribution >= 0.6 is 0 Å². The molecule has 1 amide bonds. The zero-order valence-corrected chi connectivity index (χ0v) is 12.2. The van der Waals surface area contributed by atoms with Gasteiger partial charge in [-0.05, 0) is 39.8 Å². The Labute approximate surface area is 118 Å². The number of aryl methyl sites for hydroxylation is 1. The van der Waals surface area contributed by atoms with E-state index in [1.54, 1.807) is 34.6 Å². The molecule has 2 rings (SSSR count). The fourth-order valence-electron chi connectivity index (χ4n) is 2.11. The molecule has 0 saturated carbocycles. The van der Waals surface area contributed by atoms with Gasteiger partial charge in [0, 0.05) is 18.8 Å². The van der Waals surface area contributed by atoms with Crippen molar-refractivity contribution in [3.63, 3.8) is 0 Å². The number of aliphatic hydroxyl groups is 1. The highest BCUT2D eigenvalue weighted by Gasteiger charge is 2.21. The van der Waals surface area contributed by atoms with Gasteiger partial charge in [-0.25, -0.2) is 0 Å². The third-order valence-corrected chi connectivity index (χ3v) is 3.16. The number of hydrogen-bond donors (Lipinski definition) is 1. The average molecular weight is 276 g/mol. The molecular weight excluding hydrogens is 256 g/mol. The summed E-state index contributed by atoms with van der Waals surface area (Å²) in [4.78, 5) is 14.2. The number of aromatic nitrogens is 3. The Balaban J connectivity index is 2.35. The smallest absolute Gasteiger partial charge is 0.255 e. The molecule has 108 valence electrons. The summed E-state index contributed by atoms with van der Waals surface area (Å²) in [5.74, 6) is 0.636. The normalized spacial score (nSPS) is 12.9. The van der Waals surface area contributed by atoms with Crippen molar-refractivity contribution in [3.8, 4) is 0 Å². The molecule has 0 fully saturated rings. The van der Waals surface area contributed by atoms with Gasteiger partial charge in [-0.1, -0.05) is 0 Å². The summed E-state index contributed by atoms with van der Waals surface area (Å²) in [6.45, 7) is 7.70. The molecule has 1 N–H and O–H groups in total. The lowest BCUT2D eigenvalue weighted by atomic mass is 10.2. The van der Waals surface area contributed by atoms with Crippen LogP contribution in [0.25, 0.3) is 5.65 Å². The van der Waals surface area contributed by atoms with E-state index in [0.717, 1.165) is 5.82 Å². The van der Waals surface area contributed by atoms with E-state index >= 15 is 0 Å². The van der Waals surface area contributed by atoms with Crippen LogP contribution in [0.15, 0.2) is 18.3 Å². The van der Waals surface area contributed by atoms with Crippen LogP contribution in [0.4, 0.5) is 0 Å². The van der Waals surface area contributed by atoms with Gasteiger partial charge in [-0.2, -0.15) is 0 Å². The Kier molecular flexibility index (Phi) is 4.04. The van der Waals surface area contributed by atoms with Gasteiger partial charge in [-0.3, -0.25) is 9.20 Å². The lowest BCUT2D eigenvalue weighted by molar-refractivity contribution is 0.0578. The molecule has 0 aliphatic carbocycles. The lowest BCUT2D eigenvalue weighted by Gasteiger charge is -2.28. The standard InChI is InChI=1S/C14H20N4O2/c1-9(2)17(7-10(3)19)14(20)12-5-6-13-16-15-11(4)18(13)8-12/h5-6,8-10,19H,7H2,1-4H3. The van der Waals surface area contributed by atoms with Crippen LogP contribution in [0.3, 0.4) is 0 Å². The molecule has 0 spiro atoms. The number of fused-ring (bicyclic) bond motifs is 1. The summed E-state index contributed by atoms with van der Waals surface area (Å²) >= 11 is 0. The van der Waals surface area contributed by atoms with E-state index in [9.17, 15) is 9.90 Å². The Morgan fingerprint density at radius 1 is 1.35 bits per heavy atom. The van der Waals surface area contributed by atoms with Crippen LogP contribution in [-0.2, 0) is 0 Å². The van der Waals surface area contributed by atoms with Gasteiger partial charge in [0.05, 0.1) is 11.7 Å². The van der Waals surface area contributed by atoms with Gasteiger partial charge in [0.1, 0.15) is 5.82 Å². The van der Waals surface area contributed by atoms with Crippen molar-refractivity contribution in [1.82, 2.24) is 19.5 Å². The maximum atomic E-state index is 12.6. The van der Waals surface area contributed by atoms with Crippen molar-refractivity contribution in [2.45, 2.75) is 39.8 Å². The molecule has 6 heteroatoms. The second kappa shape index (κ2) is 5.58. The second-order valence-corrected chi connectivity index (χ2v) is 5.29. The number of rotatable bonds is 4. The molecule has 2 aromatic heterocycles. The van der Waals surface area contributed by atoms with Crippen LogP contribution < -0.4 is 0 Å². The summed E-state index contributed by atoms with van der Waals surface area (Å²) in [5.41, 5.74) is 1.28. The first-order chi connectivity index (χ1) is 9.40. The first kappa shape index (κ1) is 14.5. The van der Waals surface area contributed by atoms with Gasteiger partial charge in [0.2, 0.25) is 0 Å². The highest BCUT2D eigenvalue weighted by molar-refractivity contribution is 5.94. The predicted octanol–water partition coefficient (Wildman–Crippen LogP) is 1.27. The molecule has 0 aromatic carbocycles. The van der Waals surface area contributed by atoms with Gasteiger partial charge in [-0.15, -0.1) is 10.2 Å². The van der Waals surface area contributed by atoms with Crippen LogP contribution in [0.1, 0.15) is 37.0 Å². The van der Waals surface area contributed by atoms with Gasteiger partial charge in [0.15, 0.2) is 5.65 Å². The number of pyridine rings is 1. The van der Waals surface area contributed by atoms with Crippen LogP contribution in [0.2, 0.25) is 0 Å². The molecule has 0 saturated heterocycles. The second-order valence-electron chi connectivity index (χ2n) is 5.29. The predicted molar refractivity (Wildman–Crippen MR) is 75.6 cm³/mol. The third kappa shape index (κ3) is 2.80. The van der Waals surface area contributed by atoms with E-state index in [2.05, 4.69) is 10.2 Å². The zero-order valence-electron chi connectivity index (χ0n) is 12.2. The minimum absolute atomic E-state index is 0.0230. The molecular formula is C14H20N4O2. The summed E-state index contributed by atoms with van der Waals surface area (Å²) in [5, 5.41) is 17.5. The van der Waals surface area contributed by atoms with E-state index < -0.39 is 6.10 Å². The van der Waals surface area contributed by atoms with Crippen molar-refractivity contribution < 1.29 is 9.90 Å². The molecule has 20 heavy (non-hydrogen) atoms. The van der Waals surface area contributed by atoms with E-state index in [0.29, 0.717) is 17.8 Å².